The molecule has 2 heterocycles. The number of likely N-dealkylation sites (N-methyl/N-ethyl adjacent to an activating group) is 1. The first-order chi connectivity index (χ1) is 13.4. The molecule has 6 nitrogen and oxygen atoms in total. The van der Waals surface area contributed by atoms with Gasteiger partial charge in [-0.05, 0) is 30.3 Å². The highest BCUT2D eigenvalue weighted by Crippen LogP contribution is 2.25. The van der Waals surface area contributed by atoms with Crippen LogP contribution in [0.2, 0.25) is 10.0 Å². The van der Waals surface area contributed by atoms with Crippen molar-refractivity contribution < 1.29 is 9.59 Å². The van der Waals surface area contributed by atoms with Gasteiger partial charge in [0.25, 0.3) is 0 Å². The number of anilines is 1. The molecule has 0 atom stereocenters. The van der Waals surface area contributed by atoms with Crippen molar-refractivity contribution in [3.8, 4) is 10.7 Å². The van der Waals surface area contributed by atoms with Gasteiger partial charge in [0.15, 0.2) is 0 Å². The molecule has 0 aliphatic rings. The van der Waals surface area contributed by atoms with Crippen molar-refractivity contribution in [1.82, 2.24) is 14.9 Å². The van der Waals surface area contributed by atoms with Crippen LogP contribution in [-0.2, 0) is 16.0 Å². The highest BCUT2D eigenvalue weighted by Gasteiger charge is 2.16. The molecule has 144 valence electrons. The number of rotatable bonds is 6. The molecule has 2 aromatic heterocycles. The molecule has 0 saturated carbocycles. The van der Waals surface area contributed by atoms with Crippen LogP contribution in [0.25, 0.3) is 10.7 Å². The van der Waals surface area contributed by atoms with E-state index in [0.717, 1.165) is 10.7 Å². The summed E-state index contributed by atoms with van der Waals surface area (Å²) in [5, 5.41) is 6.01. The first-order valence-electron chi connectivity index (χ1n) is 8.27. The van der Waals surface area contributed by atoms with Gasteiger partial charge in [0.2, 0.25) is 11.8 Å². The van der Waals surface area contributed by atoms with Gasteiger partial charge in [0, 0.05) is 24.3 Å². The molecule has 1 aromatic carbocycles. The third-order valence-electron chi connectivity index (χ3n) is 3.78. The zero-order chi connectivity index (χ0) is 20.1. The molecule has 3 rings (SSSR count). The Morgan fingerprint density at radius 1 is 1.18 bits per heavy atom. The lowest BCUT2D eigenvalue weighted by atomic mass is 10.3. The number of amides is 2. The molecule has 0 unspecified atom stereocenters. The third-order valence-corrected chi connectivity index (χ3v) is 5.43. The van der Waals surface area contributed by atoms with Crippen LogP contribution in [0.5, 0.6) is 0 Å². The highest BCUT2D eigenvalue weighted by molar-refractivity contribution is 7.13. The summed E-state index contributed by atoms with van der Waals surface area (Å²) in [4.78, 5) is 34.6. The number of carbonyl (C=O) groups is 2. The number of pyridine rings is 1. The molecule has 0 bridgehead atoms. The lowest BCUT2D eigenvalue weighted by Crippen LogP contribution is -2.35. The Labute approximate surface area is 176 Å². The predicted molar refractivity (Wildman–Crippen MR) is 112 cm³/mol. The minimum atomic E-state index is -0.332. The second-order valence-electron chi connectivity index (χ2n) is 5.96. The van der Waals surface area contributed by atoms with Crippen LogP contribution in [0.4, 0.5) is 5.69 Å². The molecular formula is C19H16Cl2N4O2S. The fourth-order valence-electron chi connectivity index (χ4n) is 2.36. The molecule has 3 aromatic rings. The molecule has 0 saturated heterocycles. The van der Waals surface area contributed by atoms with Crippen molar-refractivity contribution in [2.75, 3.05) is 18.9 Å². The van der Waals surface area contributed by atoms with Gasteiger partial charge in [0.1, 0.15) is 5.01 Å². The van der Waals surface area contributed by atoms with Gasteiger partial charge in [-0.15, -0.1) is 11.3 Å². The fourth-order valence-corrected chi connectivity index (χ4v) is 3.46. The SMILES string of the molecule is CN(CC(=O)Nc1ccc(Cl)c(Cl)c1)C(=O)Cc1csc(-c2ccccn2)n1. The van der Waals surface area contributed by atoms with Crippen molar-refractivity contribution in [2.45, 2.75) is 6.42 Å². The van der Waals surface area contributed by atoms with Gasteiger partial charge in [-0.2, -0.15) is 0 Å². The van der Waals surface area contributed by atoms with Gasteiger partial charge < -0.3 is 10.2 Å². The van der Waals surface area contributed by atoms with Crippen LogP contribution >= 0.6 is 34.5 Å². The van der Waals surface area contributed by atoms with Gasteiger partial charge in [-0.25, -0.2) is 4.98 Å². The summed E-state index contributed by atoms with van der Waals surface area (Å²) in [6, 6.07) is 10.4. The summed E-state index contributed by atoms with van der Waals surface area (Å²) >= 11 is 13.2. The fraction of sp³-hybridized carbons (Fsp3) is 0.158. The average molecular weight is 435 g/mol. The molecule has 0 spiro atoms. The molecular weight excluding hydrogens is 419 g/mol. The van der Waals surface area contributed by atoms with E-state index in [1.807, 2.05) is 23.6 Å². The van der Waals surface area contributed by atoms with E-state index in [-0.39, 0.29) is 24.8 Å². The number of aromatic nitrogens is 2. The second-order valence-corrected chi connectivity index (χ2v) is 7.64. The third kappa shape index (κ3) is 5.28. The van der Waals surface area contributed by atoms with Crippen LogP contribution in [-0.4, -0.2) is 40.3 Å². The van der Waals surface area contributed by atoms with Crippen LogP contribution in [0, 0.1) is 0 Å². The first kappa shape index (κ1) is 20.3. The Kier molecular flexibility index (Phi) is 6.61. The average Bonchev–Trinajstić information content (AvgIpc) is 3.14. The molecule has 0 aliphatic carbocycles. The normalized spacial score (nSPS) is 10.5. The second kappa shape index (κ2) is 9.14. The van der Waals surface area contributed by atoms with Crippen molar-refractivity contribution in [1.29, 1.82) is 0 Å². The van der Waals surface area contributed by atoms with Crippen LogP contribution < -0.4 is 5.32 Å². The summed E-state index contributed by atoms with van der Waals surface area (Å²) in [5.74, 6) is -0.538. The van der Waals surface area contributed by atoms with E-state index in [1.165, 1.54) is 16.2 Å². The molecule has 0 radical (unpaired) electrons. The smallest absolute Gasteiger partial charge is 0.243 e. The predicted octanol–water partition coefficient (Wildman–Crippen LogP) is 4.15. The van der Waals surface area contributed by atoms with Crippen molar-refractivity contribution in [3.05, 3.63) is 63.7 Å². The van der Waals surface area contributed by atoms with Gasteiger partial charge in [-0.3, -0.25) is 14.6 Å². The monoisotopic (exact) mass is 434 g/mol. The lowest BCUT2D eigenvalue weighted by Gasteiger charge is -2.16. The topological polar surface area (TPSA) is 75.2 Å². The first-order valence-corrected chi connectivity index (χ1v) is 9.90. The molecule has 9 heteroatoms. The van der Waals surface area contributed by atoms with E-state index >= 15 is 0 Å². The summed E-state index contributed by atoms with van der Waals surface area (Å²) in [6.07, 6.45) is 1.81. The number of carbonyl (C=O) groups excluding carboxylic acids is 2. The molecule has 0 fully saturated rings. The Balaban J connectivity index is 1.55. The Bertz CT molecular complexity index is 995. The highest BCUT2D eigenvalue weighted by atomic mass is 35.5. The number of benzene rings is 1. The Morgan fingerprint density at radius 2 is 2.00 bits per heavy atom. The van der Waals surface area contributed by atoms with Gasteiger partial charge >= 0.3 is 0 Å². The van der Waals surface area contributed by atoms with E-state index in [1.54, 1.807) is 31.4 Å². The molecule has 2 amide bonds. The quantitative estimate of drug-likeness (QED) is 0.631. The molecule has 28 heavy (non-hydrogen) atoms. The minimum absolute atomic E-state index is 0.0870. The maximum absolute atomic E-state index is 12.4. The maximum atomic E-state index is 12.4. The molecule has 1 N–H and O–H groups in total. The van der Waals surface area contributed by atoms with Crippen molar-refractivity contribution in [3.63, 3.8) is 0 Å². The Hall–Kier alpha value is -2.48. The maximum Gasteiger partial charge on any atom is 0.243 e. The number of nitrogens with one attached hydrogen (secondary N) is 1. The van der Waals surface area contributed by atoms with E-state index in [0.29, 0.717) is 21.4 Å². The number of hydrogen-bond acceptors (Lipinski definition) is 5. The minimum Gasteiger partial charge on any atom is -0.336 e. The van der Waals surface area contributed by atoms with Crippen LogP contribution in [0.3, 0.4) is 0 Å². The number of hydrogen-bond donors (Lipinski definition) is 1. The largest absolute Gasteiger partial charge is 0.336 e. The standard InChI is InChI=1S/C19H16Cl2N4O2S/c1-25(10-17(26)23-12-5-6-14(20)15(21)8-12)18(27)9-13-11-28-19(24-13)16-4-2-3-7-22-16/h2-8,11H,9-10H2,1H3,(H,23,26). The summed E-state index contributed by atoms with van der Waals surface area (Å²) < 4.78 is 0. The zero-order valence-electron chi connectivity index (χ0n) is 14.9. The number of thiazole rings is 1. The summed E-state index contributed by atoms with van der Waals surface area (Å²) in [5.41, 5.74) is 1.92. The van der Waals surface area contributed by atoms with E-state index in [9.17, 15) is 9.59 Å². The van der Waals surface area contributed by atoms with Gasteiger partial charge in [0.05, 0.1) is 34.4 Å². The van der Waals surface area contributed by atoms with Crippen molar-refractivity contribution in [2.24, 2.45) is 0 Å². The number of halogens is 2. The summed E-state index contributed by atoms with van der Waals surface area (Å²) in [7, 11) is 1.57. The Morgan fingerprint density at radius 3 is 2.71 bits per heavy atom. The van der Waals surface area contributed by atoms with E-state index in [2.05, 4.69) is 15.3 Å². The number of nitrogens with zero attached hydrogens (tertiary/aromatic N) is 3. The van der Waals surface area contributed by atoms with Gasteiger partial charge in [-0.1, -0.05) is 29.3 Å². The summed E-state index contributed by atoms with van der Waals surface area (Å²) in [6.45, 7) is -0.0870. The van der Waals surface area contributed by atoms with Crippen LogP contribution in [0.15, 0.2) is 48.0 Å². The lowest BCUT2D eigenvalue weighted by molar-refractivity contribution is -0.132. The zero-order valence-corrected chi connectivity index (χ0v) is 17.2. The van der Waals surface area contributed by atoms with E-state index < -0.39 is 0 Å². The molecule has 0 aliphatic heterocycles. The van der Waals surface area contributed by atoms with Crippen LogP contribution in [0.1, 0.15) is 5.69 Å². The van der Waals surface area contributed by atoms with E-state index in [4.69, 9.17) is 23.2 Å². The van der Waals surface area contributed by atoms with Crippen molar-refractivity contribution >= 4 is 52.0 Å².